The maximum Gasteiger partial charge on any atom is 0.230 e. The molecule has 5 rings (SSSR count). The highest BCUT2D eigenvalue weighted by Gasteiger charge is 2.36. The Kier molecular flexibility index (Phi) is 5.33. The van der Waals surface area contributed by atoms with E-state index in [1.807, 2.05) is 30.3 Å². The molecule has 1 fully saturated rings. The minimum Gasteiger partial charge on any atom is -0.339 e. The minimum atomic E-state index is -0.168. The van der Waals surface area contributed by atoms with Crippen LogP contribution in [0.2, 0.25) is 0 Å². The van der Waals surface area contributed by atoms with E-state index in [9.17, 15) is 4.79 Å². The van der Waals surface area contributed by atoms with Gasteiger partial charge in [-0.05, 0) is 47.2 Å². The van der Waals surface area contributed by atoms with E-state index < -0.39 is 0 Å². The Morgan fingerprint density at radius 3 is 2.53 bits per heavy atom. The van der Waals surface area contributed by atoms with Crippen LogP contribution in [0.15, 0.2) is 79.1 Å². The molecule has 4 heteroatoms. The van der Waals surface area contributed by atoms with Crippen LogP contribution in [0.5, 0.6) is 0 Å². The largest absolute Gasteiger partial charge is 0.339 e. The van der Waals surface area contributed by atoms with E-state index in [-0.39, 0.29) is 11.8 Å². The average Bonchev–Trinajstić information content (AvgIpc) is 2.83. The molecule has 1 amide bonds. The van der Waals surface area contributed by atoms with Crippen LogP contribution in [0.1, 0.15) is 34.2 Å². The highest BCUT2D eigenvalue weighted by molar-refractivity contribution is 5.84. The van der Waals surface area contributed by atoms with E-state index in [1.54, 1.807) is 12.4 Å². The first-order valence-electron chi connectivity index (χ1n) is 10.8. The molecule has 0 aliphatic carbocycles. The monoisotopic (exact) mass is 397 g/mol. The predicted octanol–water partition coefficient (Wildman–Crippen LogP) is 3.85. The zero-order valence-electron chi connectivity index (χ0n) is 17.2. The van der Waals surface area contributed by atoms with Gasteiger partial charge < -0.3 is 4.90 Å². The van der Waals surface area contributed by atoms with Crippen LogP contribution in [0.25, 0.3) is 0 Å². The van der Waals surface area contributed by atoms with Gasteiger partial charge in [-0.15, -0.1) is 0 Å². The lowest BCUT2D eigenvalue weighted by atomic mass is 9.88. The normalized spacial score (nSPS) is 19.6. The number of piperazine rings is 1. The lowest BCUT2D eigenvalue weighted by molar-refractivity contribution is -0.136. The number of rotatable bonds is 4. The van der Waals surface area contributed by atoms with E-state index in [2.05, 4.69) is 51.2 Å². The molecule has 1 aromatic heterocycles. The van der Waals surface area contributed by atoms with E-state index in [1.165, 1.54) is 11.1 Å². The van der Waals surface area contributed by atoms with Crippen LogP contribution < -0.4 is 0 Å². The zero-order chi connectivity index (χ0) is 20.3. The van der Waals surface area contributed by atoms with E-state index in [4.69, 9.17) is 0 Å². The lowest BCUT2D eigenvalue weighted by Crippen LogP contribution is -2.53. The topological polar surface area (TPSA) is 36.4 Å². The Labute approximate surface area is 178 Å². The van der Waals surface area contributed by atoms with Crippen LogP contribution in [-0.4, -0.2) is 46.9 Å². The molecule has 2 aromatic carbocycles. The van der Waals surface area contributed by atoms with Gasteiger partial charge in [-0.3, -0.25) is 14.7 Å². The number of amides is 1. The van der Waals surface area contributed by atoms with Gasteiger partial charge in [-0.2, -0.15) is 0 Å². The Morgan fingerprint density at radius 1 is 0.933 bits per heavy atom. The molecule has 3 aromatic rings. The summed E-state index contributed by atoms with van der Waals surface area (Å²) in [7, 11) is 0. The fourth-order valence-electron chi connectivity index (χ4n) is 4.94. The lowest BCUT2D eigenvalue weighted by Gasteiger charge is -2.45. The van der Waals surface area contributed by atoms with Gasteiger partial charge in [-0.1, -0.05) is 54.6 Å². The molecular weight excluding hydrogens is 370 g/mol. The molecule has 0 saturated carbocycles. The Bertz CT molecular complexity index is 1010. The molecule has 2 unspecified atom stereocenters. The second kappa shape index (κ2) is 8.41. The van der Waals surface area contributed by atoms with Gasteiger partial charge in [0.1, 0.15) is 0 Å². The average molecular weight is 398 g/mol. The summed E-state index contributed by atoms with van der Waals surface area (Å²) in [4.78, 5) is 22.6. The highest BCUT2D eigenvalue weighted by atomic mass is 16.2. The summed E-state index contributed by atoms with van der Waals surface area (Å²) in [5.74, 6) is 0.0692. The summed E-state index contributed by atoms with van der Waals surface area (Å²) in [6.45, 7) is 3.61. The van der Waals surface area contributed by atoms with Crippen LogP contribution >= 0.6 is 0 Å². The van der Waals surface area contributed by atoms with Crippen molar-refractivity contribution < 1.29 is 4.79 Å². The molecule has 152 valence electrons. The minimum absolute atomic E-state index is 0.168. The van der Waals surface area contributed by atoms with Crippen molar-refractivity contribution >= 4 is 5.91 Å². The van der Waals surface area contributed by atoms with E-state index >= 15 is 0 Å². The summed E-state index contributed by atoms with van der Waals surface area (Å²) in [5.41, 5.74) is 5.07. The number of nitrogens with zero attached hydrogens (tertiary/aromatic N) is 3. The zero-order valence-corrected chi connectivity index (χ0v) is 17.2. The first-order chi connectivity index (χ1) is 14.8. The molecule has 0 N–H and O–H groups in total. The predicted molar refractivity (Wildman–Crippen MR) is 118 cm³/mol. The van der Waals surface area contributed by atoms with Gasteiger partial charge >= 0.3 is 0 Å². The van der Waals surface area contributed by atoms with Crippen molar-refractivity contribution in [2.75, 3.05) is 26.2 Å². The summed E-state index contributed by atoms with van der Waals surface area (Å²) < 4.78 is 0. The van der Waals surface area contributed by atoms with E-state index in [0.29, 0.717) is 12.5 Å². The van der Waals surface area contributed by atoms with Crippen molar-refractivity contribution in [3.8, 4) is 0 Å². The number of hydrogen-bond donors (Lipinski definition) is 0. The van der Waals surface area contributed by atoms with Crippen LogP contribution in [0, 0.1) is 0 Å². The molecular formula is C26H27N3O. The second-order valence-electron chi connectivity index (χ2n) is 8.31. The Morgan fingerprint density at radius 2 is 1.70 bits per heavy atom. The molecule has 0 spiro atoms. The summed E-state index contributed by atoms with van der Waals surface area (Å²) in [5, 5.41) is 0. The van der Waals surface area contributed by atoms with Gasteiger partial charge in [0.15, 0.2) is 0 Å². The molecule has 2 aliphatic rings. The molecule has 3 heterocycles. The fraction of sp³-hybridized carbons (Fsp3) is 0.308. The third-order valence-electron chi connectivity index (χ3n) is 6.57. The number of hydrogen-bond acceptors (Lipinski definition) is 3. The van der Waals surface area contributed by atoms with Gasteiger partial charge in [0.2, 0.25) is 5.91 Å². The van der Waals surface area contributed by atoms with Gasteiger partial charge in [0.25, 0.3) is 0 Å². The third-order valence-corrected chi connectivity index (χ3v) is 6.57. The van der Waals surface area contributed by atoms with Gasteiger partial charge in [0, 0.05) is 38.6 Å². The number of fused-ring (bicyclic) bond motifs is 3. The molecule has 0 bridgehead atoms. The number of carbonyl (C=O) groups is 1. The molecule has 4 nitrogen and oxygen atoms in total. The van der Waals surface area contributed by atoms with Crippen molar-refractivity contribution in [3.05, 3.63) is 101 Å². The molecule has 1 saturated heterocycles. The van der Waals surface area contributed by atoms with Gasteiger partial charge in [0.05, 0.1) is 12.0 Å². The van der Waals surface area contributed by atoms with E-state index in [0.717, 1.165) is 43.7 Å². The molecule has 0 radical (unpaired) electrons. The van der Waals surface area contributed by atoms with Crippen molar-refractivity contribution in [3.63, 3.8) is 0 Å². The Hall–Kier alpha value is -2.98. The van der Waals surface area contributed by atoms with Crippen molar-refractivity contribution in [1.82, 2.24) is 14.8 Å². The maximum absolute atomic E-state index is 13.8. The first kappa shape index (κ1) is 19.0. The number of pyridine rings is 1. The summed E-state index contributed by atoms with van der Waals surface area (Å²) in [6.07, 6.45) is 5.42. The molecule has 2 aliphatic heterocycles. The maximum atomic E-state index is 13.8. The number of benzene rings is 2. The first-order valence-corrected chi connectivity index (χ1v) is 10.8. The van der Waals surface area contributed by atoms with Crippen LogP contribution in [-0.2, 0) is 17.6 Å². The molecule has 2 atom stereocenters. The SMILES string of the molecule is O=C(C(Cc1ccncc1)c1ccccc1)N1CCN2CCc3ccccc3C2C1. The number of aromatic nitrogens is 1. The Balaban J connectivity index is 1.41. The quantitative estimate of drug-likeness (QED) is 0.671. The van der Waals surface area contributed by atoms with Crippen LogP contribution in [0.3, 0.4) is 0 Å². The third kappa shape index (κ3) is 3.75. The van der Waals surface area contributed by atoms with Gasteiger partial charge in [-0.25, -0.2) is 0 Å². The smallest absolute Gasteiger partial charge is 0.230 e. The standard InChI is InChI=1S/C26H27N3O/c30-26(24(21-6-2-1-3-7-21)18-20-10-13-27-14-11-20)29-17-16-28-15-12-22-8-4-5-9-23(22)25(28)19-29/h1-11,13-14,24-25H,12,15-19H2. The van der Waals surface area contributed by atoms with Crippen molar-refractivity contribution in [2.45, 2.75) is 24.8 Å². The van der Waals surface area contributed by atoms with Crippen molar-refractivity contribution in [2.24, 2.45) is 0 Å². The summed E-state index contributed by atoms with van der Waals surface area (Å²) in [6, 6.07) is 23.3. The highest BCUT2D eigenvalue weighted by Crippen LogP contribution is 2.34. The summed E-state index contributed by atoms with van der Waals surface area (Å²) >= 11 is 0. The molecule has 30 heavy (non-hydrogen) atoms. The number of carbonyl (C=O) groups excluding carboxylic acids is 1. The fourth-order valence-corrected chi connectivity index (χ4v) is 4.94. The second-order valence-corrected chi connectivity index (χ2v) is 8.31. The van der Waals surface area contributed by atoms with Crippen molar-refractivity contribution in [1.29, 1.82) is 0 Å². The van der Waals surface area contributed by atoms with Crippen LogP contribution in [0.4, 0.5) is 0 Å².